The van der Waals surface area contributed by atoms with Crippen LogP contribution in [-0.4, -0.2) is 29.4 Å². The Hall–Kier alpha value is -1.00. The molecule has 4 heteroatoms. The lowest BCUT2D eigenvalue weighted by Gasteiger charge is -2.15. The van der Waals surface area contributed by atoms with Crippen molar-refractivity contribution in [1.82, 2.24) is 5.32 Å². The van der Waals surface area contributed by atoms with Gasteiger partial charge in [0.25, 0.3) is 0 Å². The number of carbonyl (C=O) groups is 1. The van der Waals surface area contributed by atoms with Crippen LogP contribution >= 0.6 is 11.8 Å². The van der Waals surface area contributed by atoms with Gasteiger partial charge in [-0.25, -0.2) is 0 Å². The molecular formula is C15H23NO2S. The summed E-state index contributed by atoms with van der Waals surface area (Å²) in [7, 11) is 0. The van der Waals surface area contributed by atoms with E-state index in [1.807, 2.05) is 25.1 Å². The van der Waals surface area contributed by atoms with E-state index in [-0.39, 0.29) is 18.6 Å². The van der Waals surface area contributed by atoms with Gasteiger partial charge in [0.05, 0.1) is 0 Å². The monoisotopic (exact) mass is 281 g/mol. The van der Waals surface area contributed by atoms with Crippen LogP contribution in [0.1, 0.15) is 32.6 Å². The van der Waals surface area contributed by atoms with E-state index in [0.717, 1.165) is 18.6 Å². The first-order chi connectivity index (χ1) is 9.26. The Balaban J connectivity index is 2.13. The molecule has 0 radical (unpaired) electrons. The van der Waals surface area contributed by atoms with E-state index in [9.17, 15) is 4.79 Å². The molecule has 0 spiro atoms. The highest BCUT2D eigenvalue weighted by Crippen LogP contribution is 2.18. The number of aliphatic hydroxyl groups excluding tert-OH is 1. The Labute approximate surface area is 119 Å². The smallest absolute Gasteiger partial charge is 0.220 e. The Morgan fingerprint density at radius 2 is 2.11 bits per heavy atom. The van der Waals surface area contributed by atoms with Crippen molar-refractivity contribution in [3.63, 3.8) is 0 Å². The number of nitrogens with one attached hydrogen (secondary N) is 1. The fourth-order valence-corrected chi connectivity index (χ4v) is 2.65. The maximum atomic E-state index is 11.7. The second kappa shape index (κ2) is 9.87. The fraction of sp³-hybridized carbons (Fsp3) is 0.533. The van der Waals surface area contributed by atoms with E-state index in [4.69, 9.17) is 5.11 Å². The predicted molar refractivity (Wildman–Crippen MR) is 80.3 cm³/mol. The van der Waals surface area contributed by atoms with Gasteiger partial charge < -0.3 is 10.4 Å². The van der Waals surface area contributed by atoms with Gasteiger partial charge in [-0.2, -0.15) is 0 Å². The molecule has 1 unspecified atom stereocenters. The lowest BCUT2D eigenvalue weighted by atomic mass is 10.1. The maximum Gasteiger partial charge on any atom is 0.220 e. The van der Waals surface area contributed by atoms with Crippen molar-refractivity contribution in [3.05, 3.63) is 30.3 Å². The summed E-state index contributed by atoms with van der Waals surface area (Å²) in [5, 5.41) is 11.8. The van der Waals surface area contributed by atoms with Gasteiger partial charge >= 0.3 is 0 Å². The number of hydrogen-bond acceptors (Lipinski definition) is 3. The molecule has 0 aliphatic rings. The molecule has 0 heterocycles. The molecule has 0 saturated heterocycles. The number of benzene rings is 1. The largest absolute Gasteiger partial charge is 0.396 e. The van der Waals surface area contributed by atoms with Gasteiger partial charge in [0.1, 0.15) is 0 Å². The Morgan fingerprint density at radius 1 is 1.37 bits per heavy atom. The van der Waals surface area contributed by atoms with Crippen molar-refractivity contribution in [3.8, 4) is 0 Å². The summed E-state index contributed by atoms with van der Waals surface area (Å²) < 4.78 is 0. The predicted octanol–water partition coefficient (Wildman–Crippen LogP) is 2.84. The van der Waals surface area contributed by atoms with E-state index < -0.39 is 0 Å². The highest BCUT2D eigenvalue weighted by molar-refractivity contribution is 7.99. The lowest BCUT2D eigenvalue weighted by Crippen LogP contribution is -2.34. The minimum atomic E-state index is 0.0916. The van der Waals surface area contributed by atoms with Gasteiger partial charge in [0, 0.05) is 24.0 Å². The zero-order valence-electron chi connectivity index (χ0n) is 11.5. The van der Waals surface area contributed by atoms with Crippen molar-refractivity contribution < 1.29 is 9.90 Å². The van der Waals surface area contributed by atoms with Crippen molar-refractivity contribution in [2.24, 2.45) is 0 Å². The zero-order valence-corrected chi connectivity index (χ0v) is 12.3. The molecule has 0 aromatic heterocycles. The van der Waals surface area contributed by atoms with Crippen molar-refractivity contribution in [2.45, 2.75) is 43.5 Å². The van der Waals surface area contributed by atoms with Gasteiger partial charge in [-0.3, -0.25) is 4.79 Å². The lowest BCUT2D eigenvalue weighted by molar-refractivity contribution is -0.121. The Bertz CT molecular complexity index is 356. The van der Waals surface area contributed by atoms with Gasteiger partial charge in [0.15, 0.2) is 0 Å². The highest BCUT2D eigenvalue weighted by Gasteiger charge is 2.09. The first kappa shape index (κ1) is 16.1. The molecule has 3 nitrogen and oxygen atoms in total. The molecule has 0 saturated carbocycles. The standard InChI is InChI=1S/C15H23NO2S/c1-2-13(10-11-17)16-15(18)9-6-12-19-14-7-4-3-5-8-14/h3-5,7-8,13,17H,2,6,9-12H2,1H3,(H,16,18). The maximum absolute atomic E-state index is 11.7. The van der Waals surface area contributed by atoms with Crippen LogP contribution < -0.4 is 5.32 Å². The van der Waals surface area contributed by atoms with E-state index >= 15 is 0 Å². The first-order valence-corrected chi connectivity index (χ1v) is 7.83. The van der Waals surface area contributed by atoms with Gasteiger partial charge in [-0.15, -0.1) is 11.8 Å². The molecule has 1 aromatic rings. The van der Waals surface area contributed by atoms with Gasteiger partial charge in [-0.05, 0) is 37.1 Å². The number of hydrogen-bond donors (Lipinski definition) is 2. The highest BCUT2D eigenvalue weighted by atomic mass is 32.2. The average molecular weight is 281 g/mol. The molecular weight excluding hydrogens is 258 g/mol. The summed E-state index contributed by atoms with van der Waals surface area (Å²) in [6, 6.07) is 10.3. The first-order valence-electron chi connectivity index (χ1n) is 6.84. The minimum Gasteiger partial charge on any atom is -0.396 e. The topological polar surface area (TPSA) is 49.3 Å². The summed E-state index contributed by atoms with van der Waals surface area (Å²) >= 11 is 1.78. The van der Waals surface area contributed by atoms with Gasteiger partial charge in [-0.1, -0.05) is 25.1 Å². The third-order valence-electron chi connectivity index (χ3n) is 2.90. The van der Waals surface area contributed by atoms with E-state index in [2.05, 4.69) is 17.4 Å². The zero-order chi connectivity index (χ0) is 13.9. The quantitative estimate of drug-likeness (QED) is 0.540. The SMILES string of the molecule is CCC(CCO)NC(=O)CCCSc1ccccc1. The van der Waals surface area contributed by atoms with Crippen LogP contribution in [0.15, 0.2) is 35.2 Å². The van der Waals surface area contributed by atoms with E-state index in [1.54, 1.807) is 11.8 Å². The molecule has 1 rings (SSSR count). The third-order valence-corrected chi connectivity index (χ3v) is 3.99. The van der Waals surface area contributed by atoms with Crippen LogP contribution in [0.3, 0.4) is 0 Å². The summed E-state index contributed by atoms with van der Waals surface area (Å²) in [4.78, 5) is 12.9. The van der Waals surface area contributed by atoms with Crippen LogP contribution in [0.25, 0.3) is 0 Å². The summed E-state index contributed by atoms with van der Waals surface area (Å²) in [6.07, 6.45) is 2.94. The number of thioether (sulfide) groups is 1. The van der Waals surface area contributed by atoms with Crippen LogP contribution in [0.2, 0.25) is 0 Å². The summed E-state index contributed by atoms with van der Waals surface area (Å²) in [6.45, 7) is 2.15. The Kier molecular flexibility index (Phi) is 8.34. The normalized spacial score (nSPS) is 12.1. The van der Waals surface area contributed by atoms with E-state index in [0.29, 0.717) is 12.8 Å². The van der Waals surface area contributed by atoms with Crippen molar-refractivity contribution in [1.29, 1.82) is 0 Å². The van der Waals surface area contributed by atoms with Crippen molar-refractivity contribution >= 4 is 17.7 Å². The minimum absolute atomic E-state index is 0.0916. The number of amides is 1. The summed E-state index contributed by atoms with van der Waals surface area (Å²) in [5.41, 5.74) is 0. The molecule has 1 aromatic carbocycles. The van der Waals surface area contributed by atoms with Crippen molar-refractivity contribution in [2.75, 3.05) is 12.4 Å². The molecule has 2 N–H and O–H groups in total. The molecule has 0 aliphatic heterocycles. The molecule has 0 fully saturated rings. The second-order valence-corrected chi connectivity index (χ2v) is 5.62. The molecule has 1 atom stereocenters. The molecule has 1 amide bonds. The van der Waals surface area contributed by atoms with Gasteiger partial charge in [0.2, 0.25) is 5.91 Å². The third kappa shape index (κ3) is 7.23. The number of carbonyl (C=O) groups excluding carboxylic acids is 1. The van der Waals surface area contributed by atoms with Crippen LogP contribution in [-0.2, 0) is 4.79 Å². The Morgan fingerprint density at radius 3 is 2.74 bits per heavy atom. The van der Waals surface area contributed by atoms with Crippen LogP contribution in [0.4, 0.5) is 0 Å². The second-order valence-electron chi connectivity index (χ2n) is 4.45. The molecule has 106 valence electrons. The van der Waals surface area contributed by atoms with Crippen LogP contribution in [0, 0.1) is 0 Å². The molecule has 19 heavy (non-hydrogen) atoms. The number of rotatable bonds is 9. The van der Waals surface area contributed by atoms with Crippen LogP contribution in [0.5, 0.6) is 0 Å². The summed E-state index contributed by atoms with van der Waals surface area (Å²) in [5.74, 6) is 1.04. The average Bonchev–Trinajstić information content (AvgIpc) is 2.44. The number of aliphatic hydroxyl groups is 1. The van der Waals surface area contributed by atoms with E-state index in [1.165, 1.54) is 4.90 Å². The molecule has 0 aliphatic carbocycles. The fourth-order valence-electron chi connectivity index (χ4n) is 1.77. The molecule has 0 bridgehead atoms.